The zero-order valence-electron chi connectivity index (χ0n) is 5.76. The first-order chi connectivity index (χ1) is 5.38. The van der Waals surface area contributed by atoms with Gasteiger partial charge in [0.2, 0.25) is 0 Å². The van der Waals surface area contributed by atoms with Crippen LogP contribution in [0.5, 0.6) is 0 Å². The Hall–Kier alpha value is -1.65. The summed E-state index contributed by atoms with van der Waals surface area (Å²) in [5.41, 5.74) is 0.669. The summed E-state index contributed by atoms with van der Waals surface area (Å²) in [6.07, 6.45) is 2.90. The van der Waals surface area contributed by atoms with E-state index < -0.39 is 0 Å². The predicted molar refractivity (Wildman–Crippen MR) is 40.5 cm³/mol. The number of hydrogen-bond acceptors (Lipinski definition) is 5. The molecule has 0 aromatic rings. The van der Waals surface area contributed by atoms with Crippen LogP contribution in [0.25, 0.3) is 0 Å². The summed E-state index contributed by atoms with van der Waals surface area (Å²) in [6.45, 7) is 0.628. The van der Waals surface area contributed by atoms with Crippen LogP contribution in [-0.4, -0.2) is 18.1 Å². The molecule has 0 fully saturated rings. The van der Waals surface area contributed by atoms with Crippen molar-refractivity contribution in [3.8, 4) is 0 Å². The van der Waals surface area contributed by atoms with Crippen LogP contribution in [0.3, 0.4) is 0 Å². The molecule has 2 aliphatic rings. The molecule has 0 radical (unpaired) electrons. The Morgan fingerprint density at radius 2 is 2.36 bits per heavy atom. The molecule has 0 aromatic heterocycles. The van der Waals surface area contributed by atoms with Crippen molar-refractivity contribution in [3.05, 3.63) is 23.5 Å². The molecule has 0 spiro atoms. The highest BCUT2D eigenvalue weighted by molar-refractivity contribution is 5.61. The van der Waals surface area contributed by atoms with Gasteiger partial charge in [0.1, 0.15) is 11.5 Å². The van der Waals surface area contributed by atoms with Crippen LogP contribution >= 0.6 is 0 Å². The first-order valence-electron chi connectivity index (χ1n) is 3.27. The first-order valence-corrected chi connectivity index (χ1v) is 3.27. The number of aliphatic hydroxyl groups is 1. The molecule has 0 unspecified atom stereocenters. The van der Waals surface area contributed by atoms with Crippen molar-refractivity contribution < 1.29 is 5.11 Å². The average Bonchev–Trinajstić information content (AvgIpc) is 2.40. The normalized spacial score (nSPS) is 20.9. The van der Waals surface area contributed by atoms with Crippen molar-refractivity contribution in [2.24, 2.45) is 4.99 Å². The average molecular weight is 152 g/mol. The minimum absolute atomic E-state index is 0.145. The quantitative estimate of drug-likeness (QED) is 0.372. The van der Waals surface area contributed by atoms with Crippen LogP contribution in [0.15, 0.2) is 28.5 Å². The van der Waals surface area contributed by atoms with E-state index in [1.165, 1.54) is 12.5 Å². The van der Waals surface area contributed by atoms with E-state index in [0.29, 0.717) is 12.4 Å². The van der Waals surface area contributed by atoms with E-state index in [0.717, 1.165) is 5.82 Å². The smallest absolute Gasteiger partial charge is 0.160 e. The summed E-state index contributed by atoms with van der Waals surface area (Å²) >= 11 is 0. The summed E-state index contributed by atoms with van der Waals surface area (Å²) in [6, 6.07) is 0. The molecule has 0 saturated carbocycles. The second-order valence-electron chi connectivity index (χ2n) is 2.22. The van der Waals surface area contributed by atoms with Crippen molar-refractivity contribution in [3.63, 3.8) is 0 Å². The fourth-order valence-electron chi connectivity index (χ4n) is 1.01. The monoisotopic (exact) mass is 152 g/mol. The van der Waals surface area contributed by atoms with Gasteiger partial charge in [-0.3, -0.25) is 0 Å². The topological polar surface area (TPSA) is 68.7 Å². The third-order valence-electron chi connectivity index (χ3n) is 1.52. The van der Waals surface area contributed by atoms with Crippen LogP contribution in [0, 0.1) is 0 Å². The third-order valence-corrected chi connectivity index (χ3v) is 1.52. The van der Waals surface area contributed by atoms with Crippen LogP contribution in [0.2, 0.25) is 0 Å². The number of hydrogen-bond donors (Lipinski definition) is 4. The van der Waals surface area contributed by atoms with Gasteiger partial charge in [-0.1, -0.05) is 0 Å². The summed E-state index contributed by atoms with van der Waals surface area (Å²) in [4.78, 5) is 3.76. The minimum atomic E-state index is 0.145. The van der Waals surface area contributed by atoms with Crippen molar-refractivity contribution in [1.29, 1.82) is 0 Å². The van der Waals surface area contributed by atoms with E-state index >= 15 is 0 Å². The fourth-order valence-corrected chi connectivity index (χ4v) is 1.01. The molecule has 5 nitrogen and oxygen atoms in total. The molecule has 0 atom stereocenters. The Morgan fingerprint density at radius 1 is 1.45 bits per heavy atom. The van der Waals surface area contributed by atoms with Gasteiger partial charge in [0.15, 0.2) is 5.76 Å². The van der Waals surface area contributed by atoms with Gasteiger partial charge < -0.3 is 21.1 Å². The van der Waals surface area contributed by atoms with Gasteiger partial charge >= 0.3 is 0 Å². The molecular weight excluding hydrogens is 144 g/mol. The number of nitrogens with one attached hydrogen (secondary N) is 3. The van der Waals surface area contributed by atoms with Crippen molar-refractivity contribution >= 4 is 6.34 Å². The molecule has 0 amide bonds. The van der Waals surface area contributed by atoms with Crippen LogP contribution in [-0.2, 0) is 0 Å². The van der Waals surface area contributed by atoms with E-state index in [4.69, 9.17) is 0 Å². The molecular formula is C6H8N4O. The van der Waals surface area contributed by atoms with Crippen LogP contribution < -0.4 is 16.0 Å². The molecule has 2 heterocycles. The maximum Gasteiger partial charge on any atom is 0.160 e. The number of rotatable bonds is 0. The Balaban J connectivity index is 2.38. The number of aliphatic hydroxyl groups excluding tert-OH is 1. The zero-order valence-corrected chi connectivity index (χ0v) is 5.76. The Labute approximate surface area is 63.5 Å². The lowest BCUT2D eigenvalue weighted by atomic mass is 10.4. The van der Waals surface area contributed by atoms with Crippen molar-refractivity contribution in [2.75, 3.05) is 6.67 Å². The molecule has 58 valence electrons. The molecule has 0 saturated heterocycles. The van der Waals surface area contributed by atoms with Gasteiger partial charge in [-0.25, -0.2) is 4.99 Å². The summed E-state index contributed by atoms with van der Waals surface area (Å²) in [5.74, 6) is 0.909. The predicted octanol–water partition coefficient (Wildman–Crippen LogP) is -0.663. The highest BCUT2D eigenvalue weighted by atomic mass is 16.3. The van der Waals surface area contributed by atoms with Crippen LogP contribution in [0.1, 0.15) is 0 Å². The molecule has 0 bridgehead atoms. The van der Waals surface area contributed by atoms with E-state index in [1.807, 2.05) is 0 Å². The van der Waals surface area contributed by atoms with E-state index in [1.54, 1.807) is 0 Å². The van der Waals surface area contributed by atoms with E-state index in [-0.39, 0.29) is 5.76 Å². The second kappa shape index (κ2) is 2.19. The SMILES string of the molecule is OC1=CN=CNC2=C1NCN2. The van der Waals surface area contributed by atoms with Crippen molar-refractivity contribution in [2.45, 2.75) is 0 Å². The summed E-state index contributed by atoms with van der Waals surface area (Å²) in [5, 5.41) is 18.1. The number of nitrogens with zero attached hydrogens (tertiary/aromatic N) is 1. The lowest BCUT2D eigenvalue weighted by molar-refractivity contribution is 0.414. The van der Waals surface area contributed by atoms with Gasteiger partial charge in [0, 0.05) is 0 Å². The first kappa shape index (κ1) is 6.09. The zero-order chi connectivity index (χ0) is 7.68. The standard InChI is InChI=1S/C6H8N4O/c11-4-1-7-2-9-6-5(4)8-3-10-6/h1-2,8,10-11H,3H2,(H,7,9). The highest BCUT2D eigenvalue weighted by Crippen LogP contribution is 2.10. The third kappa shape index (κ3) is 0.899. The highest BCUT2D eigenvalue weighted by Gasteiger charge is 2.16. The Kier molecular flexibility index (Phi) is 1.21. The maximum absolute atomic E-state index is 9.31. The number of aliphatic imine (C=N–C) groups is 1. The van der Waals surface area contributed by atoms with Crippen molar-refractivity contribution in [1.82, 2.24) is 16.0 Å². The lowest BCUT2D eigenvalue weighted by Gasteiger charge is -2.00. The van der Waals surface area contributed by atoms with E-state index in [2.05, 4.69) is 20.9 Å². The molecule has 2 rings (SSSR count). The minimum Gasteiger partial charge on any atom is -0.504 e. The molecule has 0 aromatic carbocycles. The second-order valence-corrected chi connectivity index (χ2v) is 2.22. The fraction of sp³-hybridized carbons (Fsp3) is 0.167. The summed E-state index contributed by atoms with van der Waals surface area (Å²) in [7, 11) is 0. The van der Waals surface area contributed by atoms with E-state index in [9.17, 15) is 5.11 Å². The molecule has 4 N–H and O–H groups in total. The summed E-state index contributed by atoms with van der Waals surface area (Å²) < 4.78 is 0. The lowest BCUT2D eigenvalue weighted by Crippen LogP contribution is -2.22. The van der Waals surface area contributed by atoms with Gasteiger partial charge in [-0.2, -0.15) is 0 Å². The van der Waals surface area contributed by atoms with Crippen LogP contribution in [0.4, 0.5) is 0 Å². The maximum atomic E-state index is 9.31. The largest absolute Gasteiger partial charge is 0.504 e. The van der Waals surface area contributed by atoms with Gasteiger partial charge in [0.25, 0.3) is 0 Å². The van der Waals surface area contributed by atoms with Gasteiger partial charge in [0.05, 0.1) is 19.2 Å². The Morgan fingerprint density at radius 3 is 3.27 bits per heavy atom. The Bertz CT molecular complexity index is 266. The van der Waals surface area contributed by atoms with Gasteiger partial charge in [-0.05, 0) is 0 Å². The molecule has 11 heavy (non-hydrogen) atoms. The molecule has 5 heteroatoms. The molecule has 0 aliphatic carbocycles. The molecule has 2 aliphatic heterocycles. The van der Waals surface area contributed by atoms with Gasteiger partial charge in [-0.15, -0.1) is 0 Å².